The first-order valence-corrected chi connectivity index (χ1v) is 7.74. The summed E-state index contributed by atoms with van der Waals surface area (Å²) in [4.78, 5) is 12.6. The smallest absolute Gasteiger partial charge is 0.295 e. The van der Waals surface area contributed by atoms with Gasteiger partial charge in [-0.15, -0.1) is 0 Å². The largest absolute Gasteiger partial charge is 0.494 e. The molecule has 1 fully saturated rings. The number of nitro benzene ring substituents is 1. The zero-order chi connectivity index (χ0) is 18.2. The number of halogens is 1. The summed E-state index contributed by atoms with van der Waals surface area (Å²) < 4.78 is 26.5. The summed E-state index contributed by atoms with van der Waals surface area (Å²) in [6.45, 7) is 3.10. The second kappa shape index (κ2) is 6.32. The Morgan fingerprint density at radius 2 is 2.24 bits per heavy atom. The van der Waals surface area contributed by atoms with Gasteiger partial charge in [0, 0.05) is 31.4 Å². The lowest BCUT2D eigenvalue weighted by Gasteiger charge is -2.41. The van der Waals surface area contributed by atoms with Crippen LogP contribution in [0.25, 0.3) is 0 Å². The number of benzene rings is 1. The molecule has 3 rings (SSSR count). The molecule has 1 atom stereocenters. The highest BCUT2D eigenvalue weighted by atomic mass is 19.1. The standard InChI is InChI=1S/C16H19FN4O4/c1-16(11-8-18-19(2)9-11)10-20(4-5-25-16)13-7-15(24-3)12(17)6-14(13)21(22)23/h6-9H,4-5,10H2,1-3H3. The molecule has 2 heterocycles. The van der Waals surface area contributed by atoms with Crippen molar-refractivity contribution in [3.8, 4) is 5.75 Å². The average Bonchev–Trinajstić information content (AvgIpc) is 3.02. The summed E-state index contributed by atoms with van der Waals surface area (Å²) in [5, 5.41) is 15.5. The van der Waals surface area contributed by atoms with E-state index in [1.54, 1.807) is 10.9 Å². The Balaban J connectivity index is 2.00. The lowest BCUT2D eigenvalue weighted by molar-refractivity contribution is -0.384. The van der Waals surface area contributed by atoms with Crippen LogP contribution in [0.2, 0.25) is 0 Å². The monoisotopic (exact) mass is 350 g/mol. The molecule has 1 unspecified atom stereocenters. The normalized spacial score (nSPS) is 20.6. The van der Waals surface area contributed by atoms with Gasteiger partial charge in [0.15, 0.2) is 11.6 Å². The molecule has 0 saturated carbocycles. The van der Waals surface area contributed by atoms with Gasteiger partial charge in [-0.3, -0.25) is 14.8 Å². The first-order valence-electron chi connectivity index (χ1n) is 7.74. The third-order valence-electron chi connectivity index (χ3n) is 4.38. The molecule has 1 aliphatic rings. The van der Waals surface area contributed by atoms with E-state index < -0.39 is 16.3 Å². The van der Waals surface area contributed by atoms with Crippen LogP contribution in [-0.4, -0.2) is 41.5 Å². The van der Waals surface area contributed by atoms with E-state index in [9.17, 15) is 14.5 Å². The highest BCUT2D eigenvalue weighted by Gasteiger charge is 2.37. The number of morpholine rings is 1. The number of nitrogens with zero attached hydrogens (tertiary/aromatic N) is 4. The number of anilines is 1. The van der Waals surface area contributed by atoms with Crippen molar-refractivity contribution in [2.24, 2.45) is 7.05 Å². The number of hydrogen-bond donors (Lipinski definition) is 0. The molecule has 0 radical (unpaired) electrons. The van der Waals surface area contributed by atoms with E-state index in [2.05, 4.69) is 5.10 Å². The molecular weight excluding hydrogens is 331 g/mol. The molecule has 134 valence electrons. The quantitative estimate of drug-likeness (QED) is 0.621. The lowest BCUT2D eigenvalue weighted by atomic mass is 9.96. The third-order valence-corrected chi connectivity index (χ3v) is 4.38. The Kier molecular flexibility index (Phi) is 4.34. The maximum atomic E-state index is 13.9. The van der Waals surface area contributed by atoms with Gasteiger partial charge in [-0.25, -0.2) is 4.39 Å². The van der Waals surface area contributed by atoms with E-state index in [4.69, 9.17) is 9.47 Å². The zero-order valence-electron chi connectivity index (χ0n) is 14.2. The van der Waals surface area contributed by atoms with Crippen molar-refractivity contribution in [3.05, 3.63) is 46.0 Å². The summed E-state index contributed by atoms with van der Waals surface area (Å²) in [6, 6.07) is 2.26. The van der Waals surface area contributed by atoms with E-state index in [1.165, 1.54) is 13.2 Å². The second-order valence-electron chi connectivity index (χ2n) is 6.14. The first kappa shape index (κ1) is 17.2. The van der Waals surface area contributed by atoms with Crippen LogP contribution in [0.3, 0.4) is 0 Å². The summed E-state index contributed by atoms with van der Waals surface area (Å²) in [7, 11) is 3.14. The number of hydrogen-bond acceptors (Lipinski definition) is 6. The van der Waals surface area contributed by atoms with E-state index in [0.717, 1.165) is 11.6 Å². The van der Waals surface area contributed by atoms with Gasteiger partial charge in [-0.2, -0.15) is 5.10 Å². The minimum absolute atomic E-state index is 0.0322. The number of aryl methyl sites for hydroxylation is 1. The van der Waals surface area contributed by atoms with Crippen LogP contribution in [0.5, 0.6) is 5.75 Å². The van der Waals surface area contributed by atoms with Crippen LogP contribution >= 0.6 is 0 Å². The molecule has 8 nitrogen and oxygen atoms in total. The topological polar surface area (TPSA) is 82.7 Å². The molecular formula is C16H19FN4O4. The molecule has 0 bridgehead atoms. The minimum Gasteiger partial charge on any atom is -0.494 e. The fourth-order valence-corrected chi connectivity index (χ4v) is 3.03. The molecule has 1 aliphatic heterocycles. The van der Waals surface area contributed by atoms with E-state index in [0.29, 0.717) is 25.4 Å². The van der Waals surface area contributed by atoms with Crippen LogP contribution in [0.1, 0.15) is 12.5 Å². The fourth-order valence-electron chi connectivity index (χ4n) is 3.03. The van der Waals surface area contributed by atoms with Gasteiger partial charge in [0.25, 0.3) is 5.69 Å². The van der Waals surface area contributed by atoms with Crippen LogP contribution in [-0.2, 0) is 17.4 Å². The summed E-state index contributed by atoms with van der Waals surface area (Å²) in [6.07, 6.45) is 3.56. The van der Waals surface area contributed by atoms with Crippen molar-refractivity contribution in [1.29, 1.82) is 0 Å². The molecule has 1 aromatic heterocycles. The Hall–Kier alpha value is -2.68. The Morgan fingerprint density at radius 1 is 1.48 bits per heavy atom. The van der Waals surface area contributed by atoms with Crippen LogP contribution in [0, 0.1) is 15.9 Å². The molecule has 0 amide bonds. The van der Waals surface area contributed by atoms with Crippen LogP contribution in [0.4, 0.5) is 15.8 Å². The van der Waals surface area contributed by atoms with Crippen molar-refractivity contribution in [3.63, 3.8) is 0 Å². The molecule has 1 saturated heterocycles. The van der Waals surface area contributed by atoms with Gasteiger partial charge in [-0.1, -0.05) is 0 Å². The van der Waals surface area contributed by atoms with Gasteiger partial charge in [-0.05, 0) is 6.92 Å². The summed E-state index contributed by atoms with van der Waals surface area (Å²) >= 11 is 0. The van der Waals surface area contributed by atoms with Crippen molar-refractivity contribution in [2.45, 2.75) is 12.5 Å². The van der Waals surface area contributed by atoms with Crippen LogP contribution in [0.15, 0.2) is 24.5 Å². The Morgan fingerprint density at radius 3 is 2.84 bits per heavy atom. The number of rotatable bonds is 4. The van der Waals surface area contributed by atoms with Crippen molar-refractivity contribution in [1.82, 2.24) is 9.78 Å². The SMILES string of the molecule is COc1cc(N2CCOC(C)(c3cnn(C)c3)C2)c([N+](=O)[O-])cc1F. The molecule has 1 aromatic carbocycles. The maximum Gasteiger partial charge on any atom is 0.295 e. The molecule has 0 spiro atoms. The Bertz CT molecular complexity index is 809. The number of nitro groups is 1. The molecule has 2 aromatic rings. The highest BCUT2D eigenvalue weighted by molar-refractivity contribution is 5.66. The molecule has 25 heavy (non-hydrogen) atoms. The van der Waals surface area contributed by atoms with Crippen molar-refractivity contribution in [2.75, 3.05) is 31.7 Å². The zero-order valence-corrected chi connectivity index (χ0v) is 14.2. The van der Waals surface area contributed by atoms with Gasteiger partial charge in [0.2, 0.25) is 0 Å². The average molecular weight is 350 g/mol. The van der Waals surface area contributed by atoms with Crippen LogP contribution < -0.4 is 9.64 Å². The lowest BCUT2D eigenvalue weighted by Crippen LogP contribution is -2.48. The predicted octanol–water partition coefficient (Wildman–Crippen LogP) is 2.23. The molecule has 0 aliphatic carbocycles. The number of aromatic nitrogens is 2. The second-order valence-corrected chi connectivity index (χ2v) is 6.14. The fraction of sp³-hybridized carbons (Fsp3) is 0.438. The van der Waals surface area contributed by atoms with E-state index in [-0.39, 0.29) is 11.4 Å². The number of ether oxygens (including phenoxy) is 2. The van der Waals surface area contributed by atoms with Gasteiger partial charge < -0.3 is 14.4 Å². The highest BCUT2D eigenvalue weighted by Crippen LogP contribution is 2.38. The summed E-state index contributed by atoms with van der Waals surface area (Å²) in [5.74, 6) is -0.795. The van der Waals surface area contributed by atoms with Gasteiger partial charge in [0.05, 0.1) is 37.4 Å². The minimum atomic E-state index is -0.763. The number of methoxy groups -OCH3 is 1. The van der Waals surface area contributed by atoms with Crippen molar-refractivity contribution < 1.29 is 18.8 Å². The van der Waals surface area contributed by atoms with E-state index >= 15 is 0 Å². The Labute approximate surface area is 143 Å². The summed E-state index contributed by atoms with van der Waals surface area (Å²) in [5.41, 5.74) is 0.203. The first-order chi connectivity index (χ1) is 11.8. The molecule has 9 heteroatoms. The predicted molar refractivity (Wildman–Crippen MR) is 88.3 cm³/mol. The van der Waals surface area contributed by atoms with Gasteiger partial charge in [0.1, 0.15) is 11.3 Å². The maximum absolute atomic E-state index is 13.9. The van der Waals surface area contributed by atoms with Crippen molar-refractivity contribution >= 4 is 11.4 Å². The molecule has 0 N–H and O–H groups in total. The van der Waals surface area contributed by atoms with Gasteiger partial charge >= 0.3 is 0 Å². The third kappa shape index (κ3) is 3.14. The van der Waals surface area contributed by atoms with E-state index in [1.807, 2.05) is 25.1 Å².